The molecule has 0 aliphatic carbocycles. The number of anilines is 1. The Bertz CT molecular complexity index is 1060. The number of rotatable bonds is 4. The molecular formula is C16H17N3O4S. The van der Waals surface area contributed by atoms with Crippen molar-refractivity contribution in [3.63, 3.8) is 0 Å². The molecule has 0 amide bonds. The van der Waals surface area contributed by atoms with Gasteiger partial charge in [-0.3, -0.25) is 9.29 Å². The summed E-state index contributed by atoms with van der Waals surface area (Å²) in [4.78, 5) is 14.7. The largest absolute Gasteiger partial charge is 0.465 e. The second kappa shape index (κ2) is 5.72. The molecule has 0 unspecified atom stereocenters. The molecule has 7 nitrogen and oxygen atoms in total. The van der Waals surface area contributed by atoms with E-state index >= 15 is 0 Å². The lowest BCUT2D eigenvalue weighted by molar-refractivity contribution is 0.496. The molecule has 0 atom stereocenters. The number of hydrogen-bond acceptors (Lipinski definition) is 4. The normalized spacial score (nSPS) is 11.6. The van der Waals surface area contributed by atoms with Gasteiger partial charge < -0.3 is 9.40 Å². The van der Waals surface area contributed by atoms with E-state index in [1.54, 1.807) is 51.2 Å². The number of sulfonamides is 1. The summed E-state index contributed by atoms with van der Waals surface area (Å²) in [6.07, 6.45) is 1.57. The summed E-state index contributed by atoms with van der Waals surface area (Å²) in [7, 11) is -3.83. The quantitative estimate of drug-likeness (QED) is 0.758. The molecule has 0 fully saturated rings. The Labute approximate surface area is 139 Å². The molecule has 2 heterocycles. The van der Waals surface area contributed by atoms with Crippen molar-refractivity contribution < 1.29 is 12.8 Å². The van der Waals surface area contributed by atoms with Crippen LogP contribution in [-0.4, -0.2) is 18.0 Å². The number of aryl methyl sites for hydroxylation is 3. The fourth-order valence-corrected chi connectivity index (χ4v) is 3.90. The number of H-pyrrole nitrogens is 1. The van der Waals surface area contributed by atoms with Crippen LogP contribution in [0.15, 0.2) is 50.6 Å². The number of aromatic amines is 1. The number of imidazole rings is 1. The topological polar surface area (TPSA) is 97.1 Å². The first-order chi connectivity index (χ1) is 11.3. The van der Waals surface area contributed by atoms with E-state index in [9.17, 15) is 13.2 Å². The van der Waals surface area contributed by atoms with E-state index in [0.29, 0.717) is 28.6 Å². The molecule has 3 aromatic rings. The third-order valence-corrected chi connectivity index (χ3v) is 5.11. The Morgan fingerprint density at radius 1 is 1.17 bits per heavy atom. The van der Waals surface area contributed by atoms with Crippen LogP contribution < -0.4 is 10.4 Å². The Balaban J connectivity index is 2.09. The van der Waals surface area contributed by atoms with Crippen molar-refractivity contribution in [2.75, 3.05) is 4.72 Å². The summed E-state index contributed by atoms with van der Waals surface area (Å²) >= 11 is 0. The number of hydrogen-bond donors (Lipinski definition) is 2. The predicted molar refractivity (Wildman–Crippen MR) is 90.1 cm³/mol. The lowest BCUT2D eigenvalue weighted by Crippen LogP contribution is -2.20. The molecule has 8 heteroatoms. The maximum atomic E-state index is 12.7. The number of furan rings is 1. The molecule has 0 saturated heterocycles. The summed E-state index contributed by atoms with van der Waals surface area (Å²) in [6, 6.07) is 8.18. The third kappa shape index (κ3) is 2.76. The van der Waals surface area contributed by atoms with Gasteiger partial charge in [-0.05, 0) is 32.9 Å². The van der Waals surface area contributed by atoms with Gasteiger partial charge in [-0.2, -0.15) is 0 Å². The second-order valence-corrected chi connectivity index (χ2v) is 7.12. The molecule has 0 spiro atoms. The lowest BCUT2D eigenvalue weighted by Gasteiger charge is -2.13. The average molecular weight is 347 g/mol. The highest BCUT2D eigenvalue weighted by Gasteiger charge is 2.22. The number of nitrogens with zero attached hydrogens (tertiary/aromatic N) is 1. The van der Waals surface area contributed by atoms with Crippen LogP contribution in [0, 0.1) is 20.8 Å². The minimum absolute atomic E-state index is 0.0768. The zero-order valence-electron chi connectivity index (χ0n) is 13.5. The van der Waals surface area contributed by atoms with Crippen LogP contribution in [0.3, 0.4) is 0 Å². The Morgan fingerprint density at radius 2 is 1.88 bits per heavy atom. The molecular weight excluding hydrogens is 330 g/mol. The first-order valence-electron chi connectivity index (χ1n) is 7.26. The van der Waals surface area contributed by atoms with Crippen LogP contribution in [0.5, 0.6) is 0 Å². The van der Waals surface area contributed by atoms with E-state index in [1.807, 2.05) is 0 Å². The van der Waals surface area contributed by atoms with Crippen LogP contribution in [0.4, 0.5) is 5.69 Å². The molecule has 0 radical (unpaired) electrons. The van der Waals surface area contributed by atoms with E-state index in [-0.39, 0.29) is 10.6 Å². The molecule has 126 valence electrons. The highest BCUT2D eigenvalue weighted by molar-refractivity contribution is 7.92. The van der Waals surface area contributed by atoms with Gasteiger partial charge in [0.25, 0.3) is 10.0 Å². The maximum Gasteiger partial charge on any atom is 0.330 e. The smallest absolute Gasteiger partial charge is 0.330 e. The van der Waals surface area contributed by atoms with Crippen molar-refractivity contribution in [2.24, 2.45) is 0 Å². The SMILES string of the molecule is Cc1cc(S(=O)(=O)Nc2ccccc2-n2c(C)c[nH]c2=O)c(C)o1. The zero-order valence-corrected chi connectivity index (χ0v) is 14.3. The number of nitrogens with one attached hydrogen (secondary N) is 2. The molecule has 0 bridgehead atoms. The molecule has 24 heavy (non-hydrogen) atoms. The fourth-order valence-electron chi connectivity index (χ4n) is 2.58. The summed E-state index contributed by atoms with van der Waals surface area (Å²) in [5.41, 5.74) is 1.08. The van der Waals surface area contributed by atoms with Crippen molar-refractivity contribution in [1.82, 2.24) is 9.55 Å². The van der Waals surface area contributed by atoms with Gasteiger partial charge in [-0.25, -0.2) is 13.2 Å². The van der Waals surface area contributed by atoms with Crippen molar-refractivity contribution in [2.45, 2.75) is 25.7 Å². The summed E-state index contributed by atoms with van der Waals surface area (Å²) < 4.78 is 34.6. The molecule has 2 N–H and O–H groups in total. The zero-order chi connectivity index (χ0) is 17.5. The molecule has 2 aromatic heterocycles. The number of benzene rings is 1. The first kappa shape index (κ1) is 16.1. The van der Waals surface area contributed by atoms with E-state index < -0.39 is 10.0 Å². The van der Waals surface area contributed by atoms with Crippen molar-refractivity contribution >= 4 is 15.7 Å². The van der Waals surface area contributed by atoms with Gasteiger partial charge >= 0.3 is 5.69 Å². The minimum atomic E-state index is -3.83. The highest BCUT2D eigenvalue weighted by atomic mass is 32.2. The van der Waals surface area contributed by atoms with Crippen molar-refractivity contribution in [1.29, 1.82) is 0 Å². The summed E-state index contributed by atoms with van der Waals surface area (Å²) in [5, 5.41) is 0. The van der Waals surface area contributed by atoms with Gasteiger partial charge in [0, 0.05) is 18.0 Å². The molecule has 0 aliphatic heterocycles. The highest BCUT2D eigenvalue weighted by Crippen LogP contribution is 2.26. The monoisotopic (exact) mass is 347 g/mol. The van der Waals surface area contributed by atoms with Gasteiger partial charge in [-0.1, -0.05) is 12.1 Å². The third-order valence-electron chi connectivity index (χ3n) is 3.63. The van der Waals surface area contributed by atoms with Crippen molar-refractivity contribution in [3.05, 3.63) is 64.2 Å². The standard InChI is InChI=1S/C16H17N3O4S/c1-10-9-17-16(20)19(10)14-7-5-4-6-13(14)18-24(21,22)15-8-11(2)23-12(15)3/h4-9,18H,1-3H3,(H,17,20). The van der Waals surface area contributed by atoms with Crippen LogP contribution in [0.2, 0.25) is 0 Å². The average Bonchev–Trinajstić information content (AvgIpc) is 3.02. The lowest BCUT2D eigenvalue weighted by atomic mass is 10.2. The molecule has 0 aliphatic rings. The number of aromatic nitrogens is 2. The van der Waals surface area contributed by atoms with Crippen LogP contribution in [-0.2, 0) is 10.0 Å². The van der Waals surface area contributed by atoms with Gasteiger partial charge in [0.05, 0.1) is 11.4 Å². The van der Waals surface area contributed by atoms with Crippen LogP contribution >= 0.6 is 0 Å². The van der Waals surface area contributed by atoms with E-state index in [4.69, 9.17) is 4.42 Å². The maximum absolute atomic E-state index is 12.7. The van der Waals surface area contributed by atoms with Crippen LogP contribution in [0.25, 0.3) is 5.69 Å². The van der Waals surface area contributed by atoms with Crippen molar-refractivity contribution in [3.8, 4) is 5.69 Å². The Morgan fingerprint density at radius 3 is 2.46 bits per heavy atom. The van der Waals surface area contributed by atoms with Crippen LogP contribution in [0.1, 0.15) is 17.2 Å². The number of para-hydroxylation sites is 2. The van der Waals surface area contributed by atoms with E-state index in [0.717, 1.165) is 0 Å². The first-order valence-corrected chi connectivity index (χ1v) is 8.74. The van der Waals surface area contributed by atoms with E-state index in [2.05, 4.69) is 9.71 Å². The molecule has 1 aromatic carbocycles. The Kier molecular flexibility index (Phi) is 3.84. The van der Waals surface area contributed by atoms with Gasteiger partial charge in [0.15, 0.2) is 0 Å². The van der Waals surface area contributed by atoms with Gasteiger partial charge in [-0.15, -0.1) is 0 Å². The van der Waals surface area contributed by atoms with Gasteiger partial charge in [0.1, 0.15) is 16.4 Å². The Hall–Kier alpha value is -2.74. The molecule has 3 rings (SSSR count). The predicted octanol–water partition coefficient (Wildman–Crippen LogP) is 2.48. The summed E-state index contributed by atoms with van der Waals surface area (Å²) in [5.74, 6) is 0.825. The second-order valence-electron chi connectivity index (χ2n) is 5.47. The fraction of sp³-hybridized carbons (Fsp3) is 0.188. The minimum Gasteiger partial charge on any atom is -0.465 e. The molecule has 0 saturated carbocycles. The van der Waals surface area contributed by atoms with Gasteiger partial charge in [0.2, 0.25) is 0 Å². The van der Waals surface area contributed by atoms with E-state index in [1.165, 1.54) is 10.6 Å². The summed E-state index contributed by atoms with van der Waals surface area (Å²) in [6.45, 7) is 5.03.